The van der Waals surface area contributed by atoms with E-state index >= 15 is 0 Å². The van der Waals surface area contributed by atoms with Crippen molar-refractivity contribution in [3.8, 4) is 0 Å². The number of hydrogen-bond donors (Lipinski definition) is 2. The summed E-state index contributed by atoms with van der Waals surface area (Å²) in [5, 5.41) is 19.2. The summed E-state index contributed by atoms with van der Waals surface area (Å²) in [4.78, 5) is 10.2. The number of sulfonamides is 1. The number of ether oxygens (including phenoxy) is 1. The Balaban J connectivity index is 2.30. The van der Waals surface area contributed by atoms with Crippen molar-refractivity contribution in [2.45, 2.75) is 17.4 Å². The monoisotopic (exact) mass is 301 g/mol. The highest BCUT2D eigenvalue weighted by atomic mass is 32.2. The molecule has 1 aliphatic heterocycles. The lowest BCUT2D eigenvalue weighted by Gasteiger charge is -2.23. The van der Waals surface area contributed by atoms with E-state index in [1.807, 2.05) is 0 Å². The quantitative estimate of drug-likeness (QED) is 0.585. The zero-order valence-electron chi connectivity index (χ0n) is 10.6. The number of benzene rings is 1. The van der Waals surface area contributed by atoms with Crippen molar-refractivity contribution in [1.29, 1.82) is 0 Å². The van der Waals surface area contributed by atoms with E-state index in [1.54, 1.807) is 0 Å². The summed E-state index contributed by atoms with van der Waals surface area (Å²) < 4.78 is 27.9. The molecule has 0 unspecified atom stereocenters. The maximum Gasteiger partial charge on any atom is 0.274 e. The van der Waals surface area contributed by atoms with Crippen molar-refractivity contribution in [2.24, 2.45) is 5.14 Å². The van der Waals surface area contributed by atoms with Gasteiger partial charge in [-0.25, -0.2) is 13.6 Å². The molecule has 0 amide bonds. The molecule has 1 fully saturated rings. The van der Waals surface area contributed by atoms with Crippen molar-refractivity contribution in [2.75, 3.05) is 19.7 Å². The summed E-state index contributed by atoms with van der Waals surface area (Å²) in [7, 11) is -3.96. The maximum atomic E-state index is 11.2. The highest BCUT2D eigenvalue weighted by molar-refractivity contribution is 7.89. The molecule has 0 aliphatic carbocycles. The molecule has 8 nitrogen and oxygen atoms in total. The van der Waals surface area contributed by atoms with E-state index in [4.69, 9.17) is 9.88 Å². The molecule has 0 bridgehead atoms. The minimum absolute atomic E-state index is 0.164. The van der Waals surface area contributed by atoms with Gasteiger partial charge in [-0.1, -0.05) is 6.07 Å². The molecule has 1 heterocycles. The highest BCUT2D eigenvalue weighted by Gasteiger charge is 2.22. The molecule has 20 heavy (non-hydrogen) atoms. The van der Waals surface area contributed by atoms with Crippen LogP contribution in [0, 0.1) is 10.1 Å². The number of morpholine rings is 1. The molecule has 110 valence electrons. The molecule has 0 saturated carbocycles. The number of rotatable bonds is 4. The van der Waals surface area contributed by atoms with Crippen molar-refractivity contribution in [1.82, 2.24) is 5.32 Å². The van der Waals surface area contributed by atoms with E-state index in [2.05, 4.69) is 5.32 Å². The Bertz CT molecular complexity index is 610. The van der Waals surface area contributed by atoms with Crippen LogP contribution in [-0.4, -0.2) is 39.1 Å². The fourth-order valence-electron chi connectivity index (χ4n) is 2.06. The first-order valence-corrected chi connectivity index (χ1v) is 7.55. The van der Waals surface area contributed by atoms with E-state index in [9.17, 15) is 18.5 Å². The number of nitrogens with two attached hydrogens (primary N) is 1. The molecular formula is C11H15N3O5S. The summed E-state index contributed by atoms with van der Waals surface area (Å²) in [5.41, 5.74) is 0.168. The van der Waals surface area contributed by atoms with Crippen LogP contribution in [0.1, 0.15) is 5.56 Å². The normalized spacial score (nSPS) is 19.8. The largest absolute Gasteiger partial charge is 0.375 e. The molecule has 2 rings (SSSR count). The van der Waals surface area contributed by atoms with Gasteiger partial charge in [0.25, 0.3) is 5.69 Å². The average Bonchev–Trinajstić information content (AvgIpc) is 2.38. The Hall–Kier alpha value is -1.55. The maximum absolute atomic E-state index is 11.2. The summed E-state index contributed by atoms with van der Waals surface area (Å²) in [5.74, 6) is 0. The lowest BCUT2D eigenvalue weighted by molar-refractivity contribution is -0.385. The zero-order chi connectivity index (χ0) is 14.8. The van der Waals surface area contributed by atoms with Gasteiger partial charge in [0.15, 0.2) is 0 Å². The van der Waals surface area contributed by atoms with E-state index in [-0.39, 0.29) is 16.7 Å². The van der Waals surface area contributed by atoms with Crippen LogP contribution in [0.5, 0.6) is 0 Å². The fraction of sp³-hybridized carbons (Fsp3) is 0.455. The topological polar surface area (TPSA) is 125 Å². The summed E-state index contributed by atoms with van der Waals surface area (Å²) in [6.45, 7) is 1.91. The molecule has 1 aliphatic rings. The van der Waals surface area contributed by atoms with Gasteiger partial charge in [0.05, 0.1) is 22.5 Å². The zero-order valence-corrected chi connectivity index (χ0v) is 11.4. The molecule has 1 aromatic rings. The molecule has 1 atom stereocenters. The van der Waals surface area contributed by atoms with Crippen LogP contribution in [-0.2, 0) is 21.2 Å². The minimum atomic E-state index is -3.96. The molecule has 0 aromatic heterocycles. The molecule has 0 radical (unpaired) electrons. The summed E-state index contributed by atoms with van der Waals surface area (Å²) >= 11 is 0. The van der Waals surface area contributed by atoms with Crippen molar-refractivity contribution in [3.05, 3.63) is 33.9 Å². The number of nitro benzene ring substituents is 1. The Morgan fingerprint density at radius 3 is 2.80 bits per heavy atom. The van der Waals surface area contributed by atoms with Gasteiger partial charge in [-0.2, -0.15) is 0 Å². The van der Waals surface area contributed by atoms with Gasteiger partial charge < -0.3 is 10.1 Å². The number of nitrogens with one attached hydrogen (secondary N) is 1. The van der Waals surface area contributed by atoms with Crippen LogP contribution < -0.4 is 10.5 Å². The smallest absolute Gasteiger partial charge is 0.274 e. The van der Waals surface area contributed by atoms with Gasteiger partial charge >= 0.3 is 0 Å². The van der Waals surface area contributed by atoms with Gasteiger partial charge in [0.2, 0.25) is 10.0 Å². The third-order valence-corrected chi connectivity index (χ3v) is 3.94. The van der Waals surface area contributed by atoms with E-state index in [0.717, 1.165) is 12.6 Å². The first-order chi connectivity index (χ1) is 9.38. The van der Waals surface area contributed by atoms with Crippen LogP contribution in [0.2, 0.25) is 0 Å². The first kappa shape index (κ1) is 14.9. The first-order valence-electron chi connectivity index (χ1n) is 6.00. The van der Waals surface area contributed by atoms with Gasteiger partial charge in [0.1, 0.15) is 0 Å². The van der Waals surface area contributed by atoms with Crippen molar-refractivity contribution < 1.29 is 18.1 Å². The second kappa shape index (κ2) is 5.83. The number of nitro groups is 1. The lowest BCUT2D eigenvalue weighted by atomic mass is 10.1. The predicted molar refractivity (Wildman–Crippen MR) is 70.8 cm³/mol. The Labute approximate surface area is 116 Å². The molecule has 1 aromatic carbocycles. The fourth-order valence-corrected chi connectivity index (χ4v) is 2.59. The SMILES string of the molecule is NS(=O)(=O)c1ccc(C[C@H]2CNCCO2)c([N+](=O)[O-])c1. The van der Waals surface area contributed by atoms with Crippen molar-refractivity contribution in [3.63, 3.8) is 0 Å². The van der Waals surface area contributed by atoms with Crippen LogP contribution >= 0.6 is 0 Å². The highest BCUT2D eigenvalue weighted by Crippen LogP contribution is 2.24. The van der Waals surface area contributed by atoms with E-state index in [0.29, 0.717) is 25.1 Å². The Kier molecular flexibility index (Phi) is 4.33. The average molecular weight is 301 g/mol. The van der Waals surface area contributed by atoms with E-state index < -0.39 is 14.9 Å². The van der Waals surface area contributed by atoms with Crippen LogP contribution in [0.15, 0.2) is 23.1 Å². The third-order valence-electron chi connectivity index (χ3n) is 3.03. The van der Waals surface area contributed by atoms with Crippen LogP contribution in [0.3, 0.4) is 0 Å². The third kappa shape index (κ3) is 3.51. The van der Waals surface area contributed by atoms with Crippen molar-refractivity contribution >= 4 is 15.7 Å². The number of hydrogen-bond acceptors (Lipinski definition) is 6. The standard InChI is InChI=1S/C11H15N3O5S/c12-20(17,18)10-2-1-8(11(6-10)14(15)16)5-9-7-13-3-4-19-9/h1-2,6,9,13H,3-5,7H2,(H2,12,17,18)/t9-/m0/s1. The summed E-state index contributed by atoms with van der Waals surface area (Å²) in [6, 6.07) is 3.67. The summed E-state index contributed by atoms with van der Waals surface area (Å²) in [6.07, 6.45) is 0.177. The van der Waals surface area contributed by atoms with Crippen LogP contribution in [0.4, 0.5) is 5.69 Å². The van der Waals surface area contributed by atoms with Gasteiger partial charge in [-0.05, 0) is 6.07 Å². The number of nitrogens with zero attached hydrogens (tertiary/aromatic N) is 1. The lowest BCUT2D eigenvalue weighted by Crippen LogP contribution is -2.39. The second-order valence-electron chi connectivity index (χ2n) is 4.49. The molecule has 0 spiro atoms. The van der Waals surface area contributed by atoms with Gasteiger partial charge in [0, 0.05) is 31.1 Å². The van der Waals surface area contributed by atoms with E-state index in [1.165, 1.54) is 12.1 Å². The predicted octanol–water partition coefficient (Wildman–Crippen LogP) is -0.227. The van der Waals surface area contributed by atoms with Crippen LogP contribution in [0.25, 0.3) is 0 Å². The molecule has 3 N–H and O–H groups in total. The number of primary sulfonamides is 1. The minimum Gasteiger partial charge on any atom is -0.375 e. The Morgan fingerprint density at radius 2 is 2.25 bits per heavy atom. The second-order valence-corrected chi connectivity index (χ2v) is 6.06. The molecule has 9 heteroatoms. The molecule has 1 saturated heterocycles. The molecular weight excluding hydrogens is 286 g/mol. The van der Waals surface area contributed by atoms with Gasteiger partial charge in [-0.15, -0.1) is 0 Å². The Morgan fingerprint density at radius 1 is 1.50 bits per heavy atom. The van der Waals surface area contributed by atoms with Gasteiger partial charge in [-0.3, -0.25) is 10.1 Å².